The van der Waals surface area contributed by atoms with Crippen LogP contribution in [0.4, 0.5) is 16.2 Å². The molecule has 5 N–H and O–H groups in total. The van der Waals surface area contributed by atoms with Crippen LogP contribution >= 0.6 is 0 Å². The van der Waals surface area contributed by atoms with Gasteiger partial charge in [-0.25, -0.2) is 9.59 Å². The molecule has 0 radical (unpaired) electrons. The molecule has 1 heterocycles. The highest BCUT2D eigenvalue weighted by atomic mass is 16.4. The molecule has 0 unspecified atom stereocenters. The van der Waals surface area contributed by atoms with E-state index in [0.29, 0.717) is 11.4 Å². The van der Waals surface area contributed by atoms with Crippen molar-refractivity contribution in [3.8, 4) is 0 Å². The summed E-state index contributed by atoms with van der Waals surface area (Å²) in [6.07, 6.45) is -0.740. The molecule has 33 heavy (non-hydrogen) atoms. The van der Waals surface area contributed by atoms with Crippen LogP contribution in [0.3, 0.4) is 0 Å². The summed E-state index contributed by atoms with van der Waals surface area (Å²) in [6.45, 7) is 6.94. The minimum absolute atomic E-state index is 0.233. The van der Waals surface area contributed by atoms with E-state index < -0.39 is 54.3 Å². The molecule has 0 saturated heterocycles. The molecule has 0 aromatic heterocycles. The Morgan fingerprint density at radius 3 is 2.24 bits per heavy atom. The zero-order valence-electron chi connectivity index (χ0n) is 19.0. The van der Waals surface area contributed by atoms with Crippen molar-refractivity contribution in [2.75, 3.05) is 10.2 Å². The van der Waals surface area contributed by atoms with Gasteiger partial charge >= 0.3 is 18.0 Å². The fourth-order valence-corrected chi connectivity index (χ4v) is 3.62. The Labute approximate surface area is 191 Å². The van der Waals surface area contributed by atoms with Gasteiger partial charge in [-0.15, -0.1) is 0 Å². The molecule has 180 valence electrons. The number of carbonyl (C=O) groups excluding carboxylic acids is 3. The fraction of sp³-hybridized carbons (Fsp3) is 0.500. The van der Waals surface area contributed by atoms with E-state index in [-0.39, 0.29) is 18.2 Å². The molecular formula is C22H30N4O7. The normalized spacial score (nSPS) is 17.1. The van der Waals surface area contributed by atoms with Gasteiger partial charge in [-0.05, 0) is 30.4 Å². The van der Waals surface area contributed by atoms with E-state index in [2.05, 4.69) is 16.0 Å². The Morgan fingerprint density at radius 1 is 1.06 bits per heavy atom. The predicted molar refractivity (Wildman–Crippen MR) is 120 cm³/mol. The van der Waals surface area contributed by atoms with Gasteiger partial charge in [0.2, 0.25) is 11.8 Å². The first kappa shape index (κ1) is 25.6. The van der Waals surface area contributed by atoms with E-state index in [1.165, 1.54) is 4.90 Å². The van der Waals surface area contributed by atoms with Gasteiger partial charge in [0.1, 0.15) is 18.1 Å². The molecule has 0 spiro atoms. The standard InChI is InChI=1S/C22H30N4O7/c1-11(2)17(19(29)24-14(21(31)32)9-10-16(27)28)25-22(33)26-15-8-6-5-7-13(15)23-20(30)18(26)12(3)4/h5-8,11-12,14,17-18H,9-10H2,1-4H3,(H,23,30)(H,24,29)(H,25,33)(H,27,28)(H,31,32)/t14-,17+,18-/m1/s1. The number of nitrogens with zero attached hydrogens (tertiary/aromatic N) is 1. The maximum atomic E-state index is 13.3. The third-order valence-electron chi connectivity index (χ3n) is 5.31. The van der Waals surface area contributed by atoms with Gasteiger partial charge in [-0.1, -0.05) is 39.8 Å². The number of amides is 4. The summed E-state index contributed by atoms with van der Waals surface area (Å²) in [5.41, 5.74) is 0.931. The van der Waals surface area contributed by atoms with Crippen molar-refractivity contribution in [3.05, 3.63) is 24.3 Å². The predicted octanol–water partition coefficient (Wildman–Crippen LogP) is 1.64. The molecule has 0 bridgehead atoms. The van der Waals surface area contributed by atoms with E-state index >= 15 is 0 Å². The minimum atomic E-state index is -1.42. The number of carboxylic acid groups (broad SMARTS) is 2. The molecule has 0 aliphatic carbocycles. The average Bonchev–Trinajstić information content (AvgIpc) is 2.72. The molecule has 3 atom stereocenters. The summed E-state index contributed by atoms with van der Waals surface area (Å²) in [7, 11) is 0. The van der Waals surface area contributed by atoms with E-state index in [1.54, 1.807) is 52.0 Å². The van der Waals surface area contributed by atoms with Gasteiger partial charge in [0.15, 0.2) is 0 Å². The summed E-state index contributed by atoms with van der Waals surface area (Å²) < 4.78 is 0. The smallest absolute Gasteiger partial charge is 0.326 e. The molecule has 1 aliphatic heterocycles. The molecule has 1 aliphatic rings. The zero-order valence-corrected chi connectivity index (χ0v) is 19.0. The van der Waals surface area contributed by atoms with Gasteiger partial charge in [0, 0.05) is 6.42 Å². The lowest BCUT2D eigenvalue weighted by Crippen LogP contribution is -2.61. The first-order valence-electron chi connectivity index (χ1n) is 10.7. The lowest BCUT2D eigenvalue weighted by Gasteiger charge is -2.39. The Morgan fingerprint density at radius 2 is 1.70 bits per heavy atom. The molecule has 4 amide bonds. The first-order chi connectivity index (χ1) is 15.4. The largest absolute Gasteiger partial charge is 0.481 e. The number of benzene rings is 1. The van der Waals surface area contributed by atoms with Gasteiger partial charge in [-0.2, -0.15) is 0 Å². The number of urea groups is 1. The van der Waals surface area contributed by atoms with Crippen LogP contribution < -0.4 is 20.9 Å². The molecule has 11 heteroatoms. The molecule has 1 aromatic carbocycles. The maximum absolute atomic E-state index is 13.3. The molecular weight excluding hydrogens is 432 g/mol. The fourth-order valence-electron chi connectivity index (χ4n) is 3.62. The maximum Gasteiger partial charge on any atom is 0.326 e. The second kappa shape index (κ2) is 10.8. The third kappa shape index (κ3) is 6.21. The topological polar surface area (TPSA) is 165 Å². The number of carbonyl (C=O) groups is 5. The van der Waals surface area contributed by atoms with Crippen molar-refractivity contribution in [2.24, 2.45) is 11.8 Å². The van der Waals surface area contributed by atoms with Crippen LogP contribution in [0.2, 0.25) is 0 Å². The van der Waals surface area contributed by atoms with E-state index in [0.717, 1.165) is 0 Å². The van der Waals surface area contributed by atoms with Crippen molar-refractivity contribution in [1.82, 2.24) is 10.6 Å². The third-order valence-corrected chi connectivity index (χ3v) is 5.31. The molecule has 11 nitrogen and oxygen atoms in total. The van der Waals surface area contributed by atoms with Crippen molar-refractivity contribution in [3.63, 3.8) is 0 Å². The number of hydrogen-bond donors (Lipinski definition) is 5. The number of para-hydroxylation sites is 2. The minimum Gasteiger partial charge on any atom is -0.481 e. The first-order valence-corrected chi connectivity index (χ1v) is 10.7. The number of hydrogen-bond acceptors (Lipinski definition) is 5. The summed E-state index contributed by atoms with van der Waals surface area (Å²) >= 11 is 0. The van der Waals surface area contributed by atoms with E-state index in [9.17, 15) is 29.1 Å². The Balaban J connectivity index is 2.28. The average molecular weight is 463 g/mol. The monoisotopic (exact) mass is 462 g/mol. The van der Waals surface area contributed by atoms with Crippen molar-refractivity contribution in [1.29, 1.82) is 0 Å². The van der Waals surface area contributed by atoms with Crippen LogP contribution in [-0.2, 0) is 19.2 Å². The second-order valence-electron chi connectivity index (χ2n) is 8.57. The number of carboxylic acids is 2. The highest BCUT2D eigenvalue weighted by Crippen LogP contribution is 2.34. The van der Waals surface area contributed by atoms with Crippen molar-refractivity contribution >= 4 is 41.2 Å². The van der Waals surface area contributed by atoms with Crippen LogP contribution in [0, 0.1) is 11.8 Å². The van der Waals surface area contributed by atoms with Gasteiger partial charge in [0.25, 0.3) is 0 Å². The Bertz CT molecular complexity index is 931. The number of anilines is 2. The summed E-state index contributed by atoms with van der Waals surface area (Å²) in [6, 6.07) is 2.75. The van der Waals surface area contributed by atoms with Gasteiger partial charge in [0.05, 0.1) is 11.4 Å². The van der Waals surface area contributed by atoms with Crippen LogP contribution in [0.5, 0.6) is 0 Å². The molecule has 0 saturated carbocycles. The SMILES string of the molecule is CC(C)[C@H](NC(=O)N1c2ccccc2NC(=O)[C@H]1C(C)C)C(=O)N[C@H](CCC(=O)O)C(=O)O. The highest BCUT2D eigenvalue weighted by molar-refractivity contribution is 6.12. The van der Waals surface area contributed by atoms with E-state index in [1.807, 2.05) is 0 Å². The Kier molecular flexibility index (Phi) is 8.38. The van der Waals surface area contributed by atoms with Gasteiger partial charge in [-0.3, -0.25) is 19.3 Å². The van der Waals surface area contributed by atoms with Crippen LogP contribution in [0.1, 0.15) is 40.5 Å². The van der Waals surface area contributed by atoms with Crippen LogP contribution in [-0.4, -0.2) is 58.1 Å². The summed E-state index contributed by atoms with van der Waals surface area (Å²) in [5.74, 6) is -4.33. The van der Waals surface area contributed by atoms with Crippen LogP contribution in [0.15, 0.2) is 24.3 Å². The quantitative estimate of drug-likeness (QED) is 0.372. The molecule has 2 rings (SSSR count). The lowest BCUT2D eigenvalue weighted by atomic mass is 9.97. The summed E-state index contributed by atoms with van der Waals surface area (Å²) in [4.78, 5) is 62.4. The van der Waals surface area contributed by atoms with Crippen molar-refractivity contribution < 1.29 is 34.2 Å². The number of fused-ring (bicyclic) bond motifs is 1. The second-order valence-corrected chi connectivity index (χ2v) is 8.57. The Hall–Kier alpha value is -3.63. The van der Waals surface area contributed by atoms with E-state index in [4.69, 9.17) is 5.11 Å². The molecule has 0 fully saturated rings. The number of rotatable bonds is 9. The number of aliphatic carboxylic acids is 2. The van der Waals surface area contributed by atoms with Gasteiger partial charge < -0.3 is 26.2 Å². The molecule has 1 aromatic rings. The highest BCUT2D eigenvalue weighted by Gasteiger charge is 2.40. The van der Waals surface area contributed by atoms with Crippen LogP contribution in [0.25, 0.3) is 0 Å². The summed E-state index contributed by atoms with van der Waals surface area (Å²) in [5, 5.41) is 25.9. The van der Waals surface area contributed by atoms with Crippen molar-refractivity contribution in [2.45, 2.75) is 58.7 Å². The lowest BCUT2D eigenvalue weighted by molar-refractivity contribution is -0.143. The number of nitrogens with one attached hydrogen (secondary N) is 3. The zero-order chi connectivity index (χ0) is 24.9.